The Kier molecular flexibility index (Phi) is 3.06. The van der Waals surface area contributed by atoms with E-state index < -0.39 is 0 Å². The summed E-state index contributed by atoms with van der Waals surface area (Å²) in [7, 11) is 0. The second-order valence-electron chi connectivity index (χ2n) is 5.00. The van der Waals surface area contributed by atoms with E-state index in [0.29, 0.717) is 11.3 Å². The van der Waals surface area contributed by atoms with Crippen LogP contribution in [-0.2, 0) is 19.3 Å². The summed E-state index contributed by atoms with van der Waals surface area (Å²) in [6.45, 7) is 1.66. The van der Waals surface area contributed by atoms with Gasteiger partial charge < -0.3 is 5.11 Å². The summed E-state index contributed by atoms with van der Waals surface area (Å²) in [5.41, 5.74) is 2.22. The van der Waals surface area contributed by atoms with Crippen LogP contribution in [0.5, 0.6) is 0 Å². The van der Waals surface area contributed by atoms with Crippen molar-refractivity contribution in [3.8, 4) is 5.95 Å². The Hall–Kier alpha value is -2.15. The molecule has 0 spiro atoms. The van der Waals surface area contributed by atoms with Crippen LogP contribution in [0.1, 0.15) is 28.9 Å². The molecule has 1 aliphatic carbocycles. The minimum atomic E-state index is -0.280. The molecule has 2 heterocycles. The van der Waals surface area contributed by atoms with Gasteiger partial charge in [-0.3, -0.25) is 19.7 Å². The van der Waals surface area contributed by atoms with Crippen LogP contribution in [0.3, 0.4) is 0 Å². The number of hydrogen-bond donors (Lipinski definition) is 3. The van der Waals surface area contributed by atoms with Gasteiger partial charge in [-0.1, -0.05) is 0 Å². The second kappa shape index (κ2) is 4.75. The molecule has 1 aliphatic rings. The van der Waals surface area contributed by atoms with Crippen LogP contribution < -0.4 is 11.1 Å². The molecule has 0 amide bonds. The molecule has 3 rings (SSSR count). The van der Waals surface area contributed by atoms with Crippen molar-refractivity contribution in [3.05, 3.63) is 43.2 Å². The van der Waals surface area contributed by atoms with Crippen molar-refractivity contribution < 1.29 is 5.11 Å². The van der Waals surface area contributed by atoms with Gasteiger partial charge in [0.25, 0.3) is 11.1 Å². The van der Waals surface area contributed by atoms with E-state index in [9.17, 15) is 9.59 Å². The third-order valence-electron chi connectivity index (χ3n) is 3.70. The Balaban J connectivity index is 2.15. The van der Waals surface area contributed by atoms with Crippen LogP contribution in [0, 0.1) is 6.92 Å². The molecule has 0 saturated heterocycles. The van der Waals surface area contributed by atoms with E-state index in [-0.39, 0.29) is 30.1 Å². The SMILES string of the molecule is Cc1[nH]n(-c2nc3c(c(=O)[nH]2)CCC3)c(=O)c1CCO. The lowest BCUT2D eigenvalue weighted by molar-refractivity contribution is 0.299. The van der Waals surface area contributed by atoms with E-state index in [2.05, 4.69) is 15.1 Å². The highest BCUT2D eigenvalue weighted by Gasteiger charge is 2.19. The molecule has 0 atom stereocenters. The zero-order valence-corrected chi connectivity index (χ0v) is 11.2. The topological polar surface area (TPSA) is 104 Å². The zero-order valence-electron chi connectivity index (χ0n) is 11.2. The quantitative estimate of drug-likeness (QED) is 0.708. The molecule has 0 bridgehead atoms. The highest BCUT2D eigenvalue weighted by molar-refractivity contribution is 5.28. The van der Waals surface area contributed by atoms with Crippen molar-refractivity contribution >= 4 is 0 Å². The van der Waals surface area contributed by atoms with Gasteiger partial charge in [0.15, 0.2) is 0 Å². The van der Waals surface area contributed by atoms with E-state index in [0.717, 1.165) is 30.5 Å². The number of aromatic nitrogens is 4. The molecule has 0 radical (unpaired) electrons. The summed E-state index contributed by atoms with van der Waals surface area (Å²) in [5, 5.41) is 11.9. The van der Waals surface area contributed by atoms with E-state index in [1.165, 1.54) is 4.68 Å². The van der Waals surface area contributed by atoms with Gasteiger partial charge in [0.1, 0.15) is 0 Å². The molecule has 0 aromatic carbocycles. The summed E-state index contributed by atoms with van der Waals surface area (Å²) in [5.74, 6) is 0.216. The lowest BCUT2D eigenvalue weighted by Gasteiger charge is -2.03. The number of aromatic amines is 2. The fourth-order valence-corrected chi connectivity index (χ4v) is 2.67. The Morgan fingerprint density at radius 2 is 2.15 bits per heavy atom. The van der Waals surface area contributed by atoms with Crippen molar-refractivity contribution in [3.63, 3.8) is 0 Å². The molecule has 2 aromatic rings. The number of H-pyrrole nitrogens is 2. The Morgan fingerprint density at radius 1 is 1.35 bits per heavy atom. The summed E-state index contributed by atoms with van der Waals surface area (Å²) < 4.78 is 1.24. The molecule has 0 saturated carbocycles. The van der Waals surface area contributed by atoms with Crippen molar-refractivity contribution in [1.82, 2.24) is 19.7 Å². The molecular weight excluding hydrogens is 260 g/mol. The third kappa shape index (κ3) is 1.90. The maximum absolute atomic E-state index is 12.3. The van der Waals surface area contributed by atoms with Gasteiger partial charge in [0.05, 0.1) is 5.69 Å². The van der Waals surface area contributed by atoms with E-state index in [4.69, 9.17) is 5.11 Å². The fraction of sp³-hybridized carbons (Fsp3) is 0.462. The summed E-state index contributed by atoms with van der Waals surface area (Å²) >= 11 is 0. The number of fused-ring (bicyclic) bond motifs is 1. The third-order valence-corrected chi connectivity index (χ3v) is 3.70. The molecule has 0 unspecified atom stereocenters. The van der Waals surface area contributed by atoms with Crippen LogP contribution in [-0.4, -0.2) is 31.5 Å². The van der Waals surface area contributed by atoms with E-state index in [1.807, 2.05) is 0 Å². The van der Waals surface area contributed by atoms with Gasteiger partial charge in [-0.25, -0.2) is 4.98 Å². The molecule has 0 fully saturated rings. The number of hydrogen-bond acceptors (Lipinski definition) is 4. The monoisotopic (exact) mass is 276 g/mol. The summed E-state index contributed by atoms with van der Waals surface area (Å²) in [6.07, 6.45) is 2.71. The first kappa shape index (κ1) is 12.9. The first-order valence-electron chi connectivity index (χ1n) is 6.65. The Morgan fingerprint density at radius 3 is 2.90 bits per heavy atom. The lowest BCUT2D eigenvalue weighted by Crippen LogP contribution is -2.25. The average Bonchev–Trinajstić information content (AvgIpc) is 2.99. The van der Waals surface area contributed by atoms with Crippen molar-refractivity contribution in [2.24, 2.45) is 0 Å². The summed E-state index contributed by atoms with van der Waals surface area (Å²) in [6, 6.07) is 0. The minimum absolute atomic E-state index is 0.0952. The van der Waals surface area contributed by atoms with Crippen LogP contribution in [0.15, 0.2) is 9.59 Å². The predicted molar refractivity (Wildman–Crippen MR) is 72.4 cm³/mol. The number of nitrogens with zero attached hydrogens (tertiary/aromatic N) is 2. The minimum Gasteiger partial charge on any atom is -0.396 e. The lowest BCUT2D eigenvalue weighted by atomic mass is 10.2. The van der Waals surface area contributed by atoms with Gasteiger partial charge in [-0.05, 0) is 26.2 Å². The second-order valence-corrected chi connectivity index (χ2v) is 5.00. The van der Waals surface area contributed by atoms with Gasteiger partial charge in [0.2, 0.25) is 5.95 Å². The number of aryl methyl sites for hydroxylation is 2. The van der Waals surface area contributed by atoms with Gasteiger partial charge >= 0.3 is 0 Å². The molecule has 2 aromatic heterocycles. The maximum atomic E-state index is 12.3. The maximum Gasteiger partial charge on any atom is 0.277 e. The molecule has 7 heteroatoms. The Labute approximate surface area is 114 Å². The van der Waals surface area contributed by atoms with Gasteiger partial charge in [-0.2, -0.15) is 4.68 Å². The summed E-state index contributed by atoms with van der Waals surface area (Å²) in [4.78, 5) is 31.2. The van der Waals surface area contributed by atoms with Crippen LogP contribution in [0.4, 0.5) is 0 Å². The zero-order chi connectivity index (χ0) is 14.3. The number of nitrogens with one attached hydrogen (secondary N) is 2. The highest BCUT2D eigenvalue weighted by atomic mass is 16.3. The first-order valence-corrected chi connectivity index (χ1v) is 6.65. The van der Waals surface area contributed by atoms with E-state index >= 15 is 0 Å². The van der Waals surface area contributed by atoms with Gasteiger partial charge in [0, 0.05) is 29.8 Å². The number of aliphatic hydroxyl groups excluding tert-OH is 1. The largest absolute Gasteiger partial charge is 0.396 e. The smallest absolute Gasteiger partial charge is 0.277 e. The highest BCUT2D eigenvalue weighted by Crippen LogP contribution is 2.16. The van der Waals surface area contributed by atoms with Crippen LogP contribution >= 0.6 is 0 Å². The van der Waals surface area contributed by atoms with Crippen molar-refractivity contribution in [2.75, 3.05) is 6.61 Å². The first-order chi connectivity index (χ1) is 9.61. The molecule has 3 N–H and O–H groups in total. The van der Waals surface area contributed by atoms with Crippen molar-refractivity contribution in [2.45, 2.75) is 32.6 Å². The van der Waals surface area contributed by atoms with Gasteiger partial charge in [-0.15, -0.1) is 0 Å². The normalized spacial score (nSPS) is 13.7. The standard InChI is InChI=1S/C13H16N4O3/c1-7-8(5-6-18)12(20)17(16-7)13-14-10-4-2-3-9(10)11(19)15-13/h16,18H,2-6H2,1H3,(H,14,15,19). The molecule has 0 aliphatic heterocycles. The number of rotatable bonds is 3. The number of aliphatic hydroxyl groups is 1. The predicted octanol–water partition coefficient (Wildman–Crippen LogP) is -0.419. The van der Waals surface area contributed by atoms with Crippen molar-refractivity contribution in [1.29, 1.82) is 0 Å². The molecule has 106 valence electrons. The molecular formula is C13H16N4O3. The average molecular weight is 276 g/mol. The van der Waals surface area contributed by atoms with Crippen LogP contribution in [0.2, 0.25) is 0 Å². The Bertz CT molecular complexity index is 769. The van der Waals surface area contributed by atoms with E-state index in [1.54, 1.807) is 6.92 Å². The molecule has 20 heavy (non-hydrogen) atoms. The van der Waals surface area contributed by atoms with Crippen LogP contribution in [0.25, 0.3) is 5.95 Å². The fourth-order valence-electron chi connectivity index (χ4n) is 2.67. The molecule has 7 nitrogen and oxygen atoms in total.